The van der Waals surface area contributed by atoms with Crippen LogP contribution >= 0.6 is 0 Å². The van der Waals surface area contributed by atoms with Gasteiger partial charge < -0.3 is 14.6 Å². The Balaban J connectivity index is 1.72. The highest BCUT2D eigenvalue weighted by Gasteiger charge is 2.32. The van der Waals surface area contributed by atoms with Crippen LogP contribution in [-0.2, 0) is 16.4 Å². The zero-order chi connectivity index (χ0) is 17.9. The molecular weight excluding hydrogens is 344 g/mol. The fraction of sp³-hybridized carbons (Fsp3) is 0.438. The molecule has 1 fully saturated rings. The summed E-state index contributed by atoms with van der Waals surface area (Å²) in [6.45, 7) is 2.80. The number of rotatable bonds is 6. The van der Waals surface area contributed by atoms with Gasteiger partial charge in [0.05, 0.1) is 24.3 Å². The van der Waals surface area contributed by atoms with E-state index < -0.39 is 9.84 Å². The molecule has 0 spiro atoms. The van der Waals surface area contributed by atoms with Crippen LogP contribution in [0.5, 0.6) is 0 Å². The third kappa shape index (κ3) is 4.16. The van der Waals surface area contributed by atoms with Crippen molar-refractivity contribution < 1.29 is 17.6 Å². The molecule has 1 aliphatic rings. The van der Waals surface area contributed by atoms with Crippen LogP contribution < -0.4 is 10.2 Å². The summed E-state index contributed by atoms with van der Waals surface area (Å²) < 4.78 is 28.6. The minimum absolute atomic E-state index is 0.116. The van der Waals surface area contributed by atoms with Crippen molar-refractivity contribution in [2.45, 2.75) is 25.9 Å². The molecule has 25 heavy (non-hydrogen) atoms. The smallest absolute Gasteiger partial charge is 0.270 e. The van der Waals surface area contributed by atoms with Gasteiger partial charge in [-0.15, -0.1) is 0 Å². The SMILES string of the molecule is CCN(c1cc(C(=O)NCc2ccco2)ncn1)C1CCS(=O)(=O)C1. The summed E-state index contributed by atoms with van der Waals surface area (Å²) in [7, 11) is -2.99. The number of hydrogen-bond donors (Lipinski definition) is 1. The Kier molecular flexibility index (Phi) is 5.03. The van der Waals surface area contributed by atoms with Crippen LogP contribution in [0.2, 0.25) is 0 Å². The zero-order valence-corrected chi connectivity index (χ0v) is 14.7. The maximum Gasteiger partial charge on any atom is 0.270 e. The van der Waals surface area contributed by atoms with Gasteiger partial charge in [-0.05, 0) is 25.5 Å². The lowest BCUT2D eigenvalue weighted by molar-refractivity contribution is 0.0943. The highest BCUT2D eigenvalue weighted by Crippen LogP contribution is 2.22. The largest absolute Gasteiger partial charge is 0.467 e. The lowest BCUT2D eigenvalue weighted by atomic mass is 10.2. The molecule has 2 aromatic heterocycles. The Morgan fingerprint density at radius 3 is 2.92 bits per heavy atom. The summed E-state index contributed by atoms with van der Waals surface area (Å²) in [5.74, 6) is 1.17. The molecule has 1 amide bonds. The number of hydrogen-bond acceptors (Lipinski definition) is 7. The summed E-state index contributed by atoms with van der Waals surface area (Å²) >= 11 is 0. The van der Waals surface area contributed by atoms with E-state index in [1.807, 2.05) is 11.8 Å². The molecule has 134 valence electrons. The number of nitrogens with zero attached hydrogens (tertiary/aromatic N) is 3. The normalized spacial score (nSPS) is 18.8. The lowest BCUT2D eigenvalue weighted by Gasteiger charge is -2.27. The number of aromatic nitrogens is 2. The van der Waals surface area contributed by atoms with Crippen LogP contribution in [0.15, 0.2) is 35.2 Å². The molecule has 0 bridgehead atoms. The quantitative estimate of drug-likeness (QED) is 0.815. The van der Waals surface area contributed by atoms with Crippen LogP contribution in [0.4, 0.5) is 5.82 Å². The molecule has 1 saturated heterocycles. The molecule has 1 aliphatic heterocycles. The molecule has 1 atom stereocenters. The second kappa shape index (κ2) is 7.22. The molecule has 8 nitrogen and oxygen atoms in total. The minimum Gasteiger partial charge on any atom is -0.467 e. The van der Waals surface area contributed by atoms with Crippen LogP contribution in [-0.4, -0.2) is 48.4 Å². The summed E-state index contributed by atoms with van der Waals surface area (Å²) in [5, 5.41) is 2.73. The van der Waals surface area contributed by atoms with Gasteiger partial charge in [0, 0.05) is 18.7 Å². The molecule has 9 heteroatoms. The standard InChI is InChI=1S/C16H20N4O4S/c1-2-20(12-5-7-25(22,23)10-12)15-8-14(18-11-19-15)16(21)17-9-13-4-3-6-24-13/h3-4,6,8,11-12H,2,5,7,9-10H2,1H3,(H,17,21). The summed E-state index contributed by atoms with van der Waals surface area (Å²) in [4.78, 5) is 22.4. The van der Waals surface area contributed by atoms with Crippen molar-refractivity contribution in [1.82, 2.24) is 15.3 Å². The average Bonchev–Trinajstić information content (AvgIpc) is 3.23. The number of anilines is 1. The third-order valence-corrected chi connectivity index (χ3v) is 5.92. The molecule has 3 rings (SSSR count). The van der Waals surface area contributed by atoms with Gasteiger partial charge in [-0.1, -0.05) is 0 Å². The summed E-state index contributed by atoms with van der Waals surface area (Å²) in [6.07, 6.45) is 3.43. The first kappa shape index (κ1) is 17.4. The Labute approximate surface area is 146 Å². The summed E-state index contributed by atoms with van der Waals surface area (Å²) in [5.41, 5.74) is 0.232. The third-order valence-electron chi connectivity index (χ3n) is 4.17. The van der Waals surface area contributed by atoms with E-state index in [4.69, 9.17) is 4.42 Å². The minimum atomic E-state index is -2.99. The van der Waals surface area contributed by atoms with Crippen molar-refractivity contribution in [1.29, 1.82) is 0 Å². The van der Waals surface area contributed by atoms with Gasteiger partial charge in [-0.25, -0.2) is 18.4 Å². The van der Waals surface area contributed by atoms with Crippen LogP contribution in [0.1, 0.15) is 29.6 Å². The van der Waals surface area contributed by atoms with Crippen molar-refractivity contribution >= 4 is 21.6 Å². The summed E-state index contributed by atoms with van der Waals surface area (Å²) in [6, 6.07) is 4.99. The first-order valence-corrected chi connectivity index (χ1v) is 9.90. The first-order chi connectivity index (χ1) is 12.0. The molecule has 0 aliphatic carbocycles. The Morgan fingerprint density at radius 1 is 1.44 bits per heavy atom. The van der Waals surface area contributed by atoms with Crippen molar-refractivity contribution in [3.05, 3.63) is 42.2 Å². The molecule has 1 unspecified atom stereocenters. The van der Waals surface area contributed by atoms with Crippen molar-refractivity contribution in [2.24, 2.45) is 0 Å². The van der Waals surface area contributed by atoms with Gasteiger partial charge >= 0.3 is 0 Å². The zero-order valence-electron chi connectivity index (χ0n) is 13.9. The van der Waals surface area contributed by atoms with E-state index in [0.29, 0.717) is 24.5 Å². The van der Waals surface area contributed by atoms with E-state index in [2.05, 4.69) is 15.3 Å². The molecule has 3 heterocycles. The molecule has 0 radical (unpaired) electrons. The van der Waals surface area contributed by atoms with E-state index in [0.717, 1.165) is 0 Å². The van der Waals surface area contributed by atoms with Crippen LogP contribution in [0.25, 0.3) is 0 Å². The van der Waals surface area contributed by atoms with E-state index >= 15 is 0 Å². The Morgan fingerprint density at radius 2 is 2.28 bits per heavy atom. The molecule has 2 aromatic rings. The van der Waals surface area contributed by atoms with Gasteiger partial charge in [0.25, 0.3) is 5.91 Å². The number of amides is 1. The first-order valence-electron chi connectivity index (χ1n) is 8.08. The van der Waals surface area contributed by atoms with Crippen LogP contribution in [0, 0.1) is 0 Å². The maximum absolute atomic E-state index is 12.3. The van der Waals surface area contributed by atoms with E-state index in [-0.39, 0.29) is 35.7 Å². The highest BCUT2D eigenvalue weighted by molar-refractivity contribution is 7.91. The van der Waals surface area contributed by atoms with Gasteiger partial charge in [-0.3, -0.25) is 4.79 Å². The second-order valence-electron chi connectivity index (χ2n) is 5.87. The monoisotopic (exact) mass is 364 g/mol. The fourth-order valence-corrected chi connectivity index (χ4v) is 4.66. The topological polar surface area (TPSA) is 105 Å². The lowest BCUT2D eigenvalue weighted by Crippen LogP contribution is -2.37. The second-order valence-corrected chi connectivity index (χ2v) is 8.10. The molecule has 1 N–H and O–H groups in total. The van der Waals surface area contributed by atoms with E-state index in [9.17, 15) is 13.2 Å². The molecule has 0 aromatic carbocycles. The van der Waals surface area contributed by atoms with E-state index in [1.54, 1.807) is 24.5 Å². The highest BCUT2D eigenvalue weighted by atomic mass is 32.2. The van der Waals surface area contributed by atoms with Crippen molar-refractivity contribution in [3.8, 4) is 0 Å². The predicted molar refractivity (Wildman–Crippen MR) is 92.0 cm³/mol. The number of carbonyl (C=O) groups excluding carboxylic acids is 1. The van der Waals surface area contributed by atoms with Gasteiger partial charge in [0.1, 0.15) is 23.6 Å². The number of sulfone groups is 1. The van der Waals surface area contributed by atoms with Gasteiger partial charge in [-0.2, -0.15) is 0 Å². The molecular formula is C16H20N4O4S. The predicted octanol–water partition coefficient (Wildman–Crippen LogP) is 1.01. The number of nitrogens with one attached hydrogen (secondary N) is 1. The number of carbonyl (C=O) groups is 1. The van der Waals surface area contributed by atoms with Gasteiger partial charge in [0.2, 0.25) is 0 Å². The average molecular weight is 364 g/mol. The maximum atomic E-state index is 12.3. The molecule has 0 saturated carbocycles. The van der Waals surface area contributed by atoms with Crippen molar-refractivity contribution in [3.63, 3.8) is 0 Å². The van der Waals surface area contributed by atoms with Gasteiger partial charge in [0.15, 0.2) is 9.84 Å². The van der Waals surface area contributed by atoms with Crippen LogP contribution in [0.3, 0.4) is 0 Å². The Bertz CT molecular complexity index is 836. The van der Waals surface area contributed by atoms with Crippen molar-refractivity contribution in [2.75, 3.05) is 23.0 Å². The Hall–Kier alpha value is -2.42. The number of furan rings is 1. The fourth-order valence-electron chi connectivity index (χ4n) is 2.93. The van der Waals surface area contributed by atoms with E-state index in [1.165, 1.54) is 6.33 Å².